The second kappa shape index (κ2) is 4.82. The zero-order valence-corrected chi connectivity index (χ0v) is 8.56. The van der Waals surface area contributed by atoms with Crippen molar-refractivity contribution in [2.45, 2.75) is 13.8 Å². The summed E-state index contributed by atoms with van der Waals surface area (Å²) in [5.74, 6) is -0.242. The number of thiophene rings is 1. The lowest BCUT2D eigenvalue weighted by Crippen LogP contribution is -2.04. The predicted octanol–water partition coefficient (Wildman–Crippen LogP) is 2.71. The average Bonchev–Trinajstić information content (AvgIpc) is 2.57. The zero-order valence-electron chi connectivity index (χ0n) is 7.74. The van der Waals surface area contributed by atoms with Crippen LogP contribution in [-0.4, -0.2) is 12.6 Å². The molecule has 0 unspecified atom stereocenters. The topological polar surface area (TPSA) is 26.3 Å². The van der Waals surface area contributed by atoms with Crippen LogP contribution in [0.2, 0.25) is 0 Å². The van der Waals surface area contributed by atoms with E-state index in [2.05, 4.69) is 0 Å². The van der Waals surface area contributed by atoms with E-state index in [0.717, 1.165) is 5.56 Å². The molecule has 70 valence electrons. The SMILES string of the molecule is CCOC(=O)/C(C)=C/c1ccsc1. The van der Waals surface area contributed by atoms with Gasteiger partial charge in [0.25, 0.3) is 0 Å². The number of carbonyl (C=O) groups is 1. The van der Waals surface area contributed by atoms with Crippen molar-refractivity contribution in [2.75, 3.05) is 6.61 Å². The minimum Gasteiger partial charge on any atom is -0.463 e. The Morgan fingerprint density at radius 3 is 3.00 bits per heavy atom. The Morgan fingerprint density at radius 2 is 2.46 bits per heavy atom. The first-order chi connectivity index (χ1) is 6.24. The lowest BCUT2D eigenvalue weighted by atomic mass is 10.2. The quantitative estimate of drug-likeness (QED) is 0.549. The minimum absolute atomic E-state index is 0.242. The molecule has 1 heterocycles. The number of hydrogen-bond donors (Lipinski definition) is 0. The maximum atomic E-state index is 11.2. The molecular weight excluding hydrogens is 184 g/mol. The highest BCUT2D eigenvalue weighted by Crippen LogP contribution is 2.11. The number of carbonyl (C=O) groups excluding carboxylic acids is 1. The Bertz CT molecular complexity index is 299. The van der Waals surface area contributed by atoms with Crippen LogP contribution >= 0.6 is 11.3 Å². The second-order valence-corrected chi connectivity index (χ2v) is 3.38. The van der Waals surface area contributed by atoms with Crippen LogP contribution < -0.4 is 0 Å². The molecule has 13 heavy (non-hydrogen) atoms. The number of esters is 1. The molecule has 0 aliphatic rings. The van der Waals surface area contributed by atoms with Crippen LogP contribution in [0.1, 0.15) is 19.4 Å². The van der Waals surface area contributed by atoms with Gasteiger partial charge < -0.3 is 4.74 Å². The van der Waals surface area contributed by atoms with Gasteiger partial charge in [0.05, 0.1) is 6.61 Å². The van der Waals surface area contributed by atoms with Crippen molar-refractivity contribution in [3.8, 4) is 0 Å². The summed E-state index contributed by atoms with van der Waals surface area (Å²) < 4.78 is 4.85. The average molecular weight is 196 g/mol. The Hall–Kier alpha value is -1.09. The van der Waals surface area contributed by atoms with Gasteiger partial charge in [0.15, 0.2) is 0 Å². The first-order valence-corrected chi connectivity index (χ1v) is 5.06. The Morgan fingerprint density at radius 1 is 1.69 bits per heavy atom. The standard InChI is InChI=1S/C10H12O2S/c1-3-12-10(11)8(2)6-9-4-5-13-7-9/h4-7H,3H2,1-2H3/b8-6+. The van der Waals surface area contributed by atoms with Crippen molar-refractivity contribution in [3.05, 3.63) is 28.0 Å². The molecule has 1 rings (SSSR count). The highest BCUT2D eigenvalue weighted by atomic mass is 32.1. The van der Waals surface area contributed by atoms with Crippen LogP contribution in [0.5, 0.6) is 0 Å². The van der Waals surface area contributed by atoms with E-state index in [1.54, 1.807) is 25.2 Å². The van der Waals surface area contributed by atoms with Gasteiger partial charge in [-0.1, -0.05) is 0 Å². The summed E-state index contributed by atoms with van der Waals surface area (Å²) in [5.41, 5.74) is 1.69. The molecule has 0 saturated carbocycles. The van der Waals surface area contributed by atoms with Crippen molar-refractivity contribution >= 4 is 23.4 Å². The maximum Gasteiger partial charge on any atom is 0.333 e. The Kier molecular flexibility index (Phi) is 3.71. The van der Waals surface area contributed by atoms with E-state index >= 15 is 0 Å². The van der Waals surface area contributed by atoms with Crippen LogP contribution in [-0.2, 0) is 9.53 Å². The van der Waals surface area contributed by atoms with Gasteiger partial charge in [0.1, 0.15) is 0 Å². The molecular formula is C10H12O2S. The van der Waals surface area contributed by atoms with Gasteiger partial charge in [-0.3, -0.25) is 0 Å². The van der Waals surface area contributed by atoms with Crippen molar-refractivity contribution in [1.82, 2.24) is 0 Å². The molecule has 1 aromatic rings. The van der Waals surface area contributed by atoms with E-state index in [4.69, 9.17) is 4.74 Å². The third kappa shape index (κ3) is 3.03. The largest absolute Gasteiger partial charge is 0.463 e. The highest BCUT2D eigenvalue weighted by Gasteiger charge is 2.03. The molecule has 0 aliphatic heterocycles. The van der Waals surface area contributed by atoms with Gasteiger partial charge in [0, 0.05) is 5.57 Å². The normalized spacial score (nSPS) is 11.4. The van der Waals surface area contributed by atoms with Crippen LogP contribution in [0, 0.1) is 0 Å². The van der Waals surface area contributed by atoms with Gasteiger partial charge in [-0.15, -0.1) is 0 Å². The molecule has 0 aliphatic carbocycles. The monoisotopic (exact) mass is 196 g/mol. The lowest BCUT2D eigenvalue weighted by molar-refractivity contribution is -0.138. The van der Waals surface area contributed by atoms with E-state index in [1.807, 2.05) is 22.9 Å². The minimum atomic E-state index is -0.242. The zero-order chi connectivity index (χ0) is 9.68. The van der Waals surface area contributed by atoms with Gasteiger partial charge in [-0.2, -0.15) is 11.3 Å². The van der Waals surface area contributed by atoms with Crippen LogP contribution in [0.25, 0.3) is 6.08 Å². The molecule has 0 atom stereocenters. The number of rotatable bonds is 3. The van der Waals surface area contributed by atoms with Crippen molar-refractivity contribution < 1.29 is 9.53 Å². The van der Waals surface area contributed by atoms with E-state index in [0.29, 0.717) is 12.2 Å². The predicted molar refractivity (Wildman–Crippen MR) is 54.6 cm³/mol. The fraction of sp³-hybridized carbons (Fsp3) is 0.300. The van der Waals surface area contributed by atoms with Crippen LogP contribution in [0.3, 0.4) is 0 Å². The van der Waals surface area contributed by atoms with Gasteiger partial charge in [-0.05, 0) is 42.3 Å². The molecule has 0 aromatic carbocycles. The smallest absolute Gasteiger partial charge is 0.333 e. The summed E-state index contributed by atoms with van der Waals surface area (Å²) >= 11 is 1.61. The molecule has 0 N–H and O–H groups in total. The summed E-state index contributed by atoms with van der Waals surface area (Å²) in [4.78, 5) is 11.2. The second-order valence-electron chi connectivity index (χ2n) is 2.60. The summed E-state index contributed by atoms with van der Waals surface area (Å²) in [6, 6.07) is 1.97. The van der Waals surface area contributed by atoms with Crippen molar-refractivity contribution in [1.29, 1.82) is 0 Å². The summed E-state index contributed by atoms with van der Waals surface area (Å²) in [7, 11) is 0. The van der Waals surface area contributed by atoms with Crippen molar-refractivity contribution in [2.24, 2.45) is 0 Å². The molecule has 2 nitrogen and oxygen atoms in total. The van der Waals surface area contributed by atoms with E-state index in [1.165, 1.54) is 0 Å². The van der Waals surface area contributed by atoms with E-state index < -0.39 is 0 Å². The van der Waals surface area contributed by atoms with Gasteiger partial charge >= 0.3 is 5.97 Å². The van der Waals surface area contributed by atoms with Gasteiger partial charge in [0.2, 0.25) is 0 Å². The first-order valence-electron chi connectivity index (χ1n) is 4.11. The van der Waals surface area contributed by atoms with Crippen molar-refractivity contribution in [3.63, 3.8) is 0 Å². The van der Waals surface area contributed by atoms with Gasteiger partial charge in [-0.25, -0.2) is 4.79 Å². The summed E-state index contributed by atoms with van der Waals surface area (Å²) in [5, 5.41) is 3.97. The molecule has 0 saturated heterocycles. The Balaban J connectivity index is 2.66. The summed E-state index contributed by atoms with van der Waals surface area (Å²) in [6.07, 6.45) is 1.83. The lowest BCUT2D eigenvalue weighted by Gasteiger charge is -1.99. The van der Waals surface area contributed by atoms with E-state index in [-0.39, 0.29) is 5.97 Å². The first kappa shape index (κ1) is 9.99. The molecule has 0 bridgehead atoms. The molecule has 3 heteroatoms. The Labute approximate surface area is 81.8 Å². The maximum absolute atomic E-state index is 11.2. The highest BCUT2D eigenvalue weighted by molar-refractivity contribution is 7.08. The third-order valence-corrected chi connectivity index (χ3v) is 2.23. The third-order valence-electron chi connectivity index (χ3n) is 1.52. The molecule has 0 amide bonds. The number of hydrogen-bond acceptors (Lipinski definition) is 3. The van der Waals surface area contributed by atoms with E-state index in [9.17, 15) is 4.79 Å². The van der Waals surface area contributed by atoms with Crippen LogP contribution in [0.4, 0.5) is 0 Å². The molecule has 0 radical (unpaired) electrons. The molecule has 0 spiro atoms. The molecule has 0 fully saturated rings. The fourth-order valence-corrected chi connectivity index (χ4v) is 1.53. The number of ether oxygens (including phenoxy) is 1. The summed E-state index contributed by atoms with van der Waals surface area (Å²) in [6.45, 7) is 3.99. The fourth-order valence-electron chi connectivity index (χ4n) is 0.911. The van der Waals surface area contributed by atoms with Crippen LogP contribution in [0.15, 0.2) is 22.4 Å². The molecule has 1 aromatic heterocycles.